The summed E-state index contributed by atoms with van der Waals surface area (Å²) in [6.45, 7) is 6.97. The number of rotatable bonds is 6. The molecule has 0 atom stereocenters. The number of anilines is 1. The van der Waals surface area contributed by atoms with E-state index in [0.717, 1.165) is 5.56 Å². The zero-order chi connectivity index (χ0) is 21.0. The predicted molar refractivity (Wildman–Crippen MR) is 111 cm³/mol. The first-order valence-electron chi connectivity index (χ1n) is 9.54. The Bertz CT molecular complexity index is 982. The highest BCUT2D eigenvalue weighted by Gasteiger charge is 2.27. The van der Waals surface area contributed by atoms with E-state index in [0.29, 0.717) is 43.3 Å². The number of nitrogens with zero attached hydrogens (tertiary/aromatic N) is 1. The van der Waals surface area contributed by atoms with Crippen molar-refractivity contribution in [1.29, 1.82) is 0 Å². The molecule has 0 unspecified atom stereocenters. The zero-order valence-corrected chi connectivity index (χ0v) is 17.7. The summed E-state index contributed by atoms with van der Waals surface area (Å²) in [5, 5.41) is 2.80. The Morgan fingerprint density at radius 1 is 1.14 bits per heavy atom. The van der Waals surface area contributed by atoms with Gasteiger partial charge in [0.15, 0.2) is 0 Å². The average Bonchev–Trinajstić information content (AvgIpc) is 2.69. The van der Waals surface area contributed by atoms with E-state index in [1.807, 2.05) is 26.8 Å². The Hall–Kier alpha value is -2.42. The molecule has 1 heterocycles. The highest BCUT2D eigenvalue weighted by molar-refractivity contribution is 7.89. The second-order valence-electron chi connectivity index (χ2n) is 7.16. The van der Waals surface area contributed by atoms with Crippen LogP contribution in [0.5, 0.6) is 5.75 Å². The van der Waals surface area contributed by atoms with Gasteiger partial charge in [0.05, 0.1) is 29.9 Å². The first-order chi connectivity index (χ1) is 13.8. The molecule has 0 bridgehead atoms. The SMILES string of the molecule is Cc1cccc(C(=O)Nc2cc(S(=O)(=O)N3CCOCC3)ccc2OC(C)C)c1. The van der Waals surface area contributed by atoms with E-state index in [9.17, 15) is 13.2 Å². The summed E-state index contributed by atoms with van der Waals surface area (Å²) in [6.07, 6.45) is -0.133. The maximum Gasteiger partial charge on any atom is 0.255 e. The first-order valence-corrected chi connectivity index (χ1v) is 11.0. The van der Waals surface area contributed by atoms with Gasteiger partial charge in [-0.25, -0.2) is 8.42 Å². The number of aryl methyl sites for hydroxylation is 1. The molecule has 1 aliphatic rings. The van der Waals surface area contributed by atoms with Crippen molar-refractivity contribution >= 4 is 21.6 Å². The molecule has 3 rings (SSSR count). The number of carbonyl (C=O) groups excluding carboxylic acids is 1. The Balaban J connectivity index is 1.94. The van der Waals surface area contributed by atoms with Crippen molar-refractivity contribution in [2.45, 2.75) is 31.8 Å². The summed E-state index contributed by atoms with van der Waals surface area (Å²) in [5.41, 5.74) is 1.77. The van der Waals surface area contributed by atoms with Crippen LogP contribution in [0.1, 0.15) is 29.8 Å². The van der Waals surface area contributed by atoms with Gasteiger partial charge in [0, 0.05) is 18.7 Å². The molecule has 1 amide bonds. The lowest BCUT2D eigenvalue weighted by molar-refractivity contribution is 0.0730. The zero-order valence-electron chi connectivity index (χ0n) is 16.8. The minimum absolute atomic E-state index is 0.107. The van der Waals surface area contributed by atoms with Crippen LogP contribution in [-0.4, -0.2) is 51.0 Å². The number of amides is 1. The molecule has 0 aliphatic carbocycles. The van der Waals surface area contributed by atoms with Gasteiger partial charge in [0.2, 0.25) is 10.0 Å². The smallest absolute Gasteiger partial charge is 0.255 e. The third-order valence-corrected chi connectivity index (χ3v) is 6.34. The van der Waals surface area contributed by atoms with E-state index >= 15 is 0 Å². The van der Waals surface area contributed by atoms with E-state index in [-0.39, 0.29) is 16.9 Å². The van der Waals surface area contributed by atoms with Crippen molar-refractivity contribution in [3.8, 4) is 5.75 Å². The van der Waals surface area contributed by atoms with Crippen LogP contribution < -0.4 is 10.1 Å². The quantitative estimate of drug-likeness (QED) is 0.779. The van der Waals surface area contributed by atoms with E-state index < -0.39 is 10.0 Å². The largest absolute Gasteiger partial charge is 0.489 e. The van der Waals surface area contributed by atoms with Gasteiger partial charge in [0.1, 0.15) is 5.75 Å². The lowest BCUT2D eigenvalue weighted by Gasteiger charge is -2.26. The number of morpholine rings is 1. The molecule has 0 radical (unpaired) electrons. The van der Waals surface area contributed by atoms with Crippen molar-refractivity contribution in [1.82, 2.24) is 4.31 Å². The molecular weight excluding hydrogens is 392 g/mol. The second-order valence-corrected chi connectivity index (χ2v) is 9.10. The molecule has 1 N–H and O–H groups in total. The lowest BCUT2D eigenvalue weighted by Crippen LogP contribution is -2.40. The molecule has 8 heteroatoms. The number of ether oxygens (including phenoxy) is 2. The molecule has 1 aliphatic heterocycles. The predicted octanol–water partition coefficient (Wildman–Crippen LogP) is 3.06. The van der Waals surface area contributed by atoms with E-state index in [1.54, 1.807) is 24.3 Å². The Labute approximate surface area is 171 Å². The fourth-order valence-electron chi connectivity index (χ4n) is 3.04. The molecular formula is C21H26N2O5S. The topological polar surface area (TPSA) is 84.9 Å². The minimum atomic E-state index is -3.69. The summed E-state index contributed by atoms with van der Waals surface area (Å²) in [7, 11) is -3.69. The number of carbonyl (C=O) groups is 1. The molecule has 7 nitrogen and oxygen atoms in total. The van der Waals surface area contributed by atoms with Crippen molar-refractivity contribution < 1.29 is 22.7 Å². The van der Waals surface area contributed by atoms with Crippen LogP contribution in [0.2, 0.25) is 0 Å². The van der Waals surface area contributed by atoms with Crippen LogP contribution in [0.15, 0.2) is 47.4 Å². The molecule has 1 saturated heterocycles. The number of nitrogens with one attached hydrogen (secondary N) is 1. The molecule has 0 saturated carbocycles. The van der Waals surface area contributed by atoms with Crippen LogP contribution in [0.3, 0.4) is 0 Å². The summed E-state index contributed by atoms with van der Waals surface area (Å²) in [6, 6.07) is 11.7. The van der Waals surface area contributed by atoms with Gasteiger partial charge in [-0.05, 0) is 51.1 Å². The van der Waals surface area contributed by atoms with Gasteiger partial charge in [-0.3, -0.25) is 4.79 Å². The molecule has 2 aromatic rings. The molecule has 2 aromatic carbocycles. The molecule has 0 spiro atoms. The number of hydrogen-bond acceptors (Lipinski definition) is 5. The summed E-state index contributed by atoms with van der Waals surface area (Å²) in [5.74, 6) is 0.0881. The van der Waals surface area contributed by atoms with Gasteiger partial charge >= 0.3 is 0 Å². The Morgan fingerprint density at radius 3 is 2.52 bits per heavy atom. The highest BCUT2D eigenvalue weighted by Crippen LogP contribution is 2.30. The summed E-state index contributed by atoms with van der Waals surface area (Å²) < 4.78 is 38.4. The summed E-state index contributed by atoms with van der Waals surface area (Å²) in [4.78, 5) is 12.8. The van der Waals surface area contributed by atoms with Crippen LogP contribution in [-0.2, 0) is 14.8 Å². The van der Waals surface area contributed by atoms with Crippen LogP contribution in [0.25, 0.3) is 0 Å². The standard InChI is InChI=1S/C21H26N2O5S/c1-15(2)28-20-8-7-18(29(25,26)23-9-11-27-12-10-23)14-19(20)22-21(24)17-6-4-5-16(3)13-17/h4-8,13-15H,9-12H2,1-3H3,(H,22,24). The van der Waals surface area contributed by atoms with Crippen molar-refractivity contribution in [2.75, 3.05) is 31.6 Å². The monoisotopic (exact) mass is 418 g/mol. The van der Waals surface area contributed by atoms with Gasteiger partial charge < -0.3 is 14.8 Å². The normalized spacial score (nSPS) is 15.3. The van der Waals surface area contributed by atoms with Gasteiger partial charge in [-0.2, -0.15) is 4.31 Å². The molecule has 29 heavy (non-hydrogen) atoms. The molecule has 156 valence electrons. The van der Waals surface area contributed by atoms with Crippen molar-refractivity contribution in [2.24, 2.45) is 0 Å². The maximum absolute atomic E-state index is 13.0. The second kappa shape index (κ2) is 8.94. The Kier molecular flexibility index (Phi) is 6.56. The Morgan fingerprint density at radius 2 is 1.86 bits per heavy atom. The minimum Gasteiger partial charge on any atom is -0.489 e. The van der Waals surface area contributed by atoms with Gasteiger partial charge in [0.25, 0.3) is 5.91 Å². The van der Waals surface area contributed by atoms with Gasteiger partial charge in [-0.1, -0.05) is 17.7 Å². The molecule has 0 aromatic heterocycles. The maximum atomic E-state index is 13.0. The third-order valence-electron chi connectivity index (χ3n) is 4.45. The third kappa shape index (κ3) is 5.14. The fourth-order valence-corrected chi connectivity index (χ4v) is 4.48. The van der Waals surface area contributed by atoms with E-state index in [4.69, 9.17) is 9.47 Å². The average molecular weight is 419 g/mol. The summed E-state index contributed by atoms with van der Waals surface area (Å²) >= 11 is 0. The molecule has 1 fully saturated rings. The van der Waals surface area contributed by atoms with Crippen molar-refractivity contribution in [3.63, 3.8) is 0 Å². The lowest BCUT2D eigenvalue weighted by atomic mass is 10.1. The van der Waals surface area contributed by atoms with Crippen LogP contribution in [0, 0.1) is 6.92 Å². The van der Waals surface area contributed by atoms with Gasteiger partial charge in [-0.15, -0.1) is 0 Å². The first kappa shape index (κ1) is 21.3. The van der Waals surface area contributed by atoms with Crippen LogP contribution in [0.4, 0.5) is 5.69 Å². The fraction of sp³-hybridized carbons (Fsp3) is 0.381. The number of sulfonamides is 1. The van der Waals surface area contributed by atoms with E-state index in [1.165, 1.54) is 16.4 Å². The van der Waals surface area contributed by atoms with E-state index in [2.05, 4.69) is 5.32 Å². The highest BCUT2D eigenvalue weighted by atomic mass is 32.2. The van der Waals surface area contributed by atoms with Crippen molar-refractivity contribution in [3.05, 3.63) is 53.6 Å². The number of benzene rings is 2. The number of hydrogen-bond donors (Lipinski definition) is 1. The van der Waals surface area contributed by atoms with Crippen LogP contribution >= 0.6 is 0 Å².